The van der Waals surface area contributed by atoms with Crippen LogP contribution in [0.5, 0.6) is 0 Å². The average molecular weight is 271 g/mol. The Bertz CT molecular complexity index is 306. The first-order chi connectivity index (χ1) is 8.10. The molecule has 0 aromatic heterocycles. The van der Waals surface area contributed by atoms with Crippen LogP contribution in [0, 0.1) is 11.8 Å². The molecule has 8 heteroatoms. The van der Waals surface area contributed by atoms with Gasteiger partial charge in [0.25, 0.3) is 0 Å². The minimum Gasteiger partial charge on any atom is -0.481 e. The lowest BCUT2D eigenvalue weighted by Crippen LogP contribution is -2.45. The summed E-state index contributed by atoms with van der Waals surface area (Å²) in [4.78, 5) is 22.8. The molecule has 2 atom stereocenters. The Morgan fingerprint density at radius 3 is 2.06 bits per heavy atom. The third-order valence-corrected chi connectivity index (χ3v) is 2.58. The highest BCUT2D eigenvalue weighted by atomic mass is 19.4. The van der Waals surface area contributed by atoms with Gasteiger partial charge in [-0.25, -0.2) is 0 Å². The second-order valence-corrected chi connectivity index (χ2v) is 4.01. The average Bonchev–Trinajstić information content (AvgIpc) is 2.23. The van der Waals surface area contributed by atoms with E-state index in [-0.39, 0.29) is 0 Å². The molecule has 106 valence electrons. The third kappa shape index (κ3) is 5.35. The second kappa shape index (κ2) is 6.58. The van der Waals surface area contributed by atoms with Crippen LogP contribution in [0.15, 0.2) is 0 Å². The van der Waals surface area contributed by atoms with E-state index >= 15 is 0 Å². The maximum Gasteiger partial charge on any atom is 0.406 e. The summed E-state index contributed by atoms with van der Waals surface area (Å²) in [5, 5.41) is 17.3. The summed E-state index contributed by atoms with van der Waals surface area (Å²) >= 11 is 0. The van der Waals surface area contributed by atoms with Crippen molar-refractivity contribution < 1.29 is 33.0 Å². The lowest BCUT2D eigenvalue weighted by molar-refractivity contribution is -0.166. The van der Waals surface area contributed by atoms with E-state index in [0.29, 0.717) is 4.90 Å². The second-order valence-electron chi connectivity index (χ2n) is 4.01. The first-order valence-corrected chi connectivity index (χ1v) is 5.29. The molecule has 0 fully saturated rings. The van der Waals surface area contributed by atoms with Crippen LogP contribution in [0.1, 0.15) is 13.8 Å². The van der Waals surface area contributed by atoms with E-state index in [4.69, 9.17) is 10.2 Å². The molecule has 18 heavy (non-hydrogen) atoms. The SMILES string of the molecule is CC(C(=O)O)C(C)C(=O)N(CCO)CC(F)(F)F. The summed E-state index contributed by atoms with van der Waals surface area (Å²) < 4.78 is 36.7. The van der Waals surface area contributed by atoms with Crippen molar-refractivity contribution >= 4 is 11.9 Å². The van der Waals surface area contributed by atoms with Gasteiger partial charge in [0.1, 0.15) is 6.54 Å². The van der Waals surface area contributed by atoms with Crippen molar-refractivity contribution in [3.63, 3.8) is 0 Å². The van der Waals surface area contributed by atoms with Gasteiger partial charge in [-0.05, 0) is 0 Å². The molecule has 0 aliphatic rings. The maximum absolute atomic E-state index is 12.2. The van der Waals surface area contributed by atoms with Gasteiger partial charge in [0.05, 0.1) is 12.5 Å². The van der Waals surface area contributed by atoms with Gasteiger partial charge in [0, 0.05) is 12.5 Å². The smallest absolute Gasteiger partial charge is 0.406 e. The van der Waals surface area contributed by atoms with Crippen molar-refractivity contribution in [2.24, 2.45) is 11.8 Å². The Kier molecular flexibility index (Phi) is 6.10. The number of carboxylic acid groups (broad SMARTS) is 1. The van der Waals surface area contributed by atoms with Gasteiger partial charge in [0.15, 0.2) is 0 Å². The largest absolute Gasteiger partial charge is 0.481 e. The summed E-state index contributed by atoms with van der Waals surface area (Å²) in [7, 11) is 0. The van der Waals surface area contributed by atoms with Gasteiger partial charge in [0.2, 0.25) is 5.91 Å². The lowest BCUT2D eigenvalue weighted by Gasteiger charge is -2.27. The van der Waals surface area contributed by atoms with Gasteiger partial charge in [-0.1, -0.05) is 13.8 Å². The van der Waals surface area contributed by atoms with E-state index in [0.717, 1.165) is 0 Å². The van der Waals surface area contributed by atoms with E-state index in [1.54, 1.807) is 0 Å². The van der Waals surface area contributed by atoms with E-state index in [9.17, 15) is 22.8 Å². The van der Waals surface area contributed by atoms with Crippen molar-refractivity contribution in [2.45, 2.75) is 20.0 Å². The molecule has 0 aliphatic carbocycles. The molecule has 0 aromatic carbocycles. The van der Waals surface area contributed by atoms with Gasteiger partial charge in [-0.15, -0.1) is 0 Å². The number of hydrogen-bond acceptors (Lipinski definition) is 3. The van der Waals surface area contributed by atoms with E-state index in [1.807, 2.05) is 0 Å². The first-order valence-electron chi connectivity index (χ1n) is 5.29. The first kappa shape index (κ1) is 16.7. The molecule has 5 nitrogen and oxygen atoms in total. The number of amides is 1. The Hall–Kier alpha value is -1.31. The Labute approximate surface area is 102 Å². The van der Waals surface area contributed by atoms with Crippen molar-refractivity contribution in [2.75, 3.05) is 19.7 Å². The number of carboxylic acids is 1. The van der Waals surface area contributed by atoms with Crippen molar-refractivity contribution in [1.82, 2.24) is 4.90 Å². The fourth-order valence-corrected chi connectivity index (χ4v) is 1.32. The number of halogens is 3. The van der Waals surface area contributed by atoms with Crippen LogP contribution in [0.25, 0.3) is 0 Å². The predicted octanol–water partition coefficient (Wildman–Crippen LogP) is 0.726. The molecule has 1 amide bonds. The van der Waals surface area contributed by atoms with E-state index in [2.05, 4.69) is 0 Å². The minimum atomic E-state index is -4.59. The molecule has 0 aliphatic heterocycles. The highest BCUT2D eigenvalue weighted by Gasteiger charge is 2.36. The Balaban J connectivity index is 4.80. The number of nitrogens with zero attached hydrogens (tertiary/aromatic N) is 1. The molecule has 2 unspecified atom stereocenters. The van der Waals surface area contributed by atoms with E-state index in [1.165, 1.54) is 13.8 Å². The molecule has 0 aromatic rings. The molecule has 0 rings (SSSR count). The number of aliphatic hydroxyl groups excluding tert-OH is 1. The summed E-state index contributed by atoms with van der Waals surface area (Å²) in [6.07, 6.45) is -4.59. The quantitative estimate of drug-likeness (QED) is 0.746. The molecule has 0 bridgehead atoms. The van der Waals surface area contributed by atoms with Crippen LogP contribution in [0.2, 0.25) is 0 Å². The van der Waals surface area contributed by atoms with Gasteiger partial charge in [-0.3, -0.25) is 9.59 Å². The lowest BCUT2D eigenvalue weighted by atomic mass is 9.94. The van der Waals surface area contributed by atoms with Gasteiger partial charge < -0.3 is 15.1 Å². The van der Waals surface area contributed by atoms with Crippen LogP contribution >= 0.6 is 0 Å². The summed E-state index contributed by atoms with van der Waals surface area (Å²) in [5.41, 5.74) is 0. The van der Waals surface area contributed by atoms with Crippen LogP contribution in [0.3, 0.4) is 0 Å². The fraction of sp³-hybridized carbons (Fsp3) is 0.800. The van der Waals surface area contributed by atoms with Crippen molar-refractivity contribution in [3.8, 4) is 0 Å². The molecule has 0 spiro atoms. The van der Waals surface area contributed by atoms with Crippen LogP contribution < -0.4 is 0 Å². The Morgan fingerprint density at radius 1 is 1.22 bits per heavy atom. The number of alkyl halides is 3. The highest BCUT2D eigenvalue weighted by Crippen LogP contribution is 2.20. The molecule has 0 saturated carbocycles. The fourth-order valence-electron chi connectivity index (χ4n) is 1.32. The zero-order chi connectivity index (χ0) is 14.5. The monoisotopic (exact) mass is 271 g/mol. The minimum absolute atomic E-state index is 0.421. The zero-order valence-corrected chi connectivity index (χ0v) is 10.1. The summed E-state index contributed by atoms with van der Waals surface area (Å²) in [5.74, 6) is -4.37. The normalized spacial score (nSPS) is 15.0. The molecule has 0 saturated heterocycles. The van der Waals surface area contributed by atoms with Crippen LogP contribution in [-0.4, -0.2) is 52.9 Å². The number of carbonyl (C=O) groups is 2. The zero-order valence-electron chi connectivity index (χ0n) is 10.1. The maximum atomic E-state index is 12.2. The standard InChI is InChI=1S/C10H16F3NO4/c1-6(7(2)9(17)18)8(16)14(3-4-15)5-10(11,12)13/h6-7,15H,3-5H2,1-2H3,(H,17,18). The summed E-state index contributed by atoms with van der Waals surface area (Å²) in [6.45, 7) is -0.0917. The predicted molar refractivity (Wildman–Crippen MR) is 55.7 cm³/mol. The Morgan fingerprint density at radius 2 is 1.72 bits per heavy atom. The molecular formula is C10H16F3NO4. The molecule has 2 N–H and O–H groups in total. The number of rotatable bonds is 6. The van der Waals surface area contributed by atoms with Crippen molar-refractivity contribution in [3.05, 3.63) is 0 Å². The number of aliphatic carboxylic acids is 1. The number of aliphatic hydroxyl groups is 1. The highest BCUT2D eigenvalue weighted by molar-refractivity contribution is 5.84. The number of carbonyl (C=O) groups excluding carboxylic acids is 1. The van der Waals surface area contributed by atoms with Crippen LogP contribution in [0.4, 0.5) is 13.2 Å². The van der Waals surface area contributed by atoms with Crippen molar-refractivity contribution in [1.29, 1.82) is 0 Å². The van der Waals surface area contributed by atoms with E-state index < -0.39 is 49.6 Å². The molecular weight excluding hydrogens is 255 g/mol. The van der Waals surface area contributed by atoms with Crippen LogP contribution in [-0.2, 0) is 9.59 Å². The summed E-state index contributed by atoms with van der Waals surface area (Å²) in [6, 6.07) is 0. The topological polar surface area (TPSA) is 77.8 Å². The molecule has 0 heterocycles. The van der Waals surface area contributed by atoms with Gasteiger partial charge >= 0.3 is 12.1 Å². The number of hydrogen-bond donors (Lipinski definition) is 2. The molecule has 0 radical (unpaired) electrons. The van der Waals surface area contributed by atoms with Gasteiger partial charge in [-0.2, -0.15) is 13.2 Å². The third-order valence-electron chi connectivity index (χ3n) is 2.58.